The monoisotopic (exact) mass is 362 g/mol. The Bertz CT molecular complexity index is 614. The summed E-state index contributed by atoms with van der Waals surface area (Å²) < 4.78 is 46.7. The Hall–Kier alpha value is 0.370. The van der Waals surface area contributed by atoms with Gasteiger partial charge in [0.2, 0.25) is 0 Å². The average Bonchev–Trinajstić information content (AvgIpc) is 2.27. The number of ether oxygens (including phenoxy) is 1. The molecule has 114 valence electrons. The van der Waals surface area contributed by atoms with E-state index >= 15 is 0 Å². The van der Waals surface area contributed by atoms with Gasteiger partial charge in [-0.1, -0.05) is 22.7 Å². The zero-order chi connectivity index (χ0) is 15.5. The number of hydrogen-bond acceptors (Lipinski definition) is 5. The average molecular weight is 363 g/mol. The van der Waals surface area contributed by atoms with E-state index in [4.69, 9.17) is 25.1 Å². The van der Waals surface area contributed by atoms with Crippen molar-refractivity contribution in [3.63, 3.8) is 0 Å². The van der Waals surface area contributed by atoms with Gasteiger partial charge in [-0.25, -0.2) is 8.42 Å². The van der Waals surface area contributed by atoms with E-state index in [1.165, 1.54) is 6.26 Å². The van der Waals surface area contributed by atoms with Crippen LogP contribution < -0.4 is 34.3 Å². The number of aryl methyl sites for hydroxylation is 1. The number of sulfone groups is 1. The van der Waals surface area contributed by atoms with Crippen LogP contribution in [0, 0.1) is 6.92 Å². The van der Waals surface area contributed by atoms with E-state index in [9.17, 15) is 8.42 Å². The quantitative estimate of drug-likeness (QED) is 0.473. The molecule has 0 radical (unpaired) electrons. The van der Waals surface area contributed by atoms with Gasteiger partial charge in [-0.05, 0) is 30.9 Å². The van der Waals surface area contributed by atoms with Crippen LogP contribution in [0.15, 0.2) is 12.1 Å². The molecular formula is C12H16ClNaO5S2. The standard InChI is InChI=1S/C11H13ClO3S.CH4O2S.Na/c1-7-5-8-10(6-9(7)12)15-4-3-11(8)16(2,13)14;1-4(2)3;/h5-6,11H,3-4H2,1-2H3;1H3,(H,2,3);/q;;+1/p-1. The fourth-order valence-corrected chi connectivity index (χ4v) is 3.26. The van der Waals surface area contributed by atoms with E-state index in [-0.39, 0.29) is 29.6 Å². The molecule has 0 saturated heterocycles. The molecule has 0 bridgehead atoms. The van der Waals surface area contributed by atoms with E-state index in [1.54, 1.807) is 6.07 Å². The summed E-state index contributed by atoms with van der Waals surface area (Å²) >= 11 is 4.12. The van der Waals surface area contributed by atoms with E-state index in [0.29, 0.717) is 23.8 Å². The number of rotatable bonds is 1. The van der Waals surface area contributed by atoms with Crippen LogP contribution in [0.1, 0.15) is 22.8 Å². The molecule has 1 aliphatic rings. The van der Waals surface area contributed by atoms with Crippen molar-refractivity contribution in [3.8, 4) is 5.75 Å². The first-order chi connectivity index (χ1) is 9.12. The Morgan fingerprint density at radius 1 is 1.43 bits per heavy atom. The first-order valence-electron chi connectivity index (χ1n) is 5.75. The minimum absolute atomic E-state index is 0. The number of halogens is 1. The zero-order valence-corrected chi connectivity index (χ0v) is 16.8. The Morgan fingerprint density at radius 3 is 2.43 bits per heavy atom. The van der Waals surface area contributed by atoms with Crippen LogP contribution >= 0.6 is 11.6 Å². The van der Waals surface area contributed by atoms with Crippen LogP contribution in [0.4, 0.5) is 0 Å². The second-order valence-electron chi connectivity index (χ2n) is 4.50. The Kier molecular flexibility index (Phi) is 9.02. The van der Waals surface area contributed by atoms with Gasteiger partial charge in [0, 0.05) is 23.3 Å². The molecule has 1 aromatic rings. The molecule has 9 heteroatoms. The van der Waals surface area contributed by atoms with Crippen LogP contribution in [0.2, 0.25) is 5.02 Å². The summed E-state index contributed by atoms with van der Waals surface area (Å²) in [5, 5.41) is 0.139. The molecule has 0 aromatic heterocycles. The topological polar surface area (TPSA) is 83.5 Å². The van der Waals surface area contributed by atoms with Crippen molar-refractivity contribution in [2.75, 3.05) is 19.1 Å². The Labute approximate surface area is 154 Å². The molecule has 1 aromatic carbocycles. The van der Waals surface area contributed by atoms with E-state index in [1.807, 2.05) is 13.0 Å². The molecule has 0 N–H and O–H groups in total. The predicted octanol–water partition coefficient (Wildman–Crippen LogP) is -0.984. The number of hydrogen-bond donors (Lipinski definition) is 0. The van der Waals surface area contributed by atoms with Crippen LogP contribution in [-0.2, 0) is 20.9 Å². The van der Waals surface area contributed by atoms with Crippen LogP contribution in [0.25, 0.3) is 0 Å². The van der Waals surface area contributed by atoms with Crippen LogP contribution in [0.3, 0.4) is 0 Å². The summed E-state index contributed by atoms with van der Waals surface area (Å²) in [6.45, 7) is 2.28. The van der Waals surface area contributed by atoms with Gasteiger partial charge in [0.15, 0.2) is 9.84 Å². The first kappa shape index (κ1) is 21.4. The molecule has 2 rings (SSSR count). The molecule has 0 aliphatic carbocycles. The van der Waals surface area contributed by atoms with E-state index in [2.05, 4.69) is 0 Å². The van der Waals surface area contributed by atoms with Gasteiger partial charge in [0.1, 0.15) is 5.75 Å². The molecule has 1 aliphatic heterocycles. The van der Waals surface area contributed by atoms with E-state index < -0.39 is 26.2 Å². The maximum Gasteiger partial charge on any atom is 1.00 e. The zero-order valence-electron chi connectivity index (χ0n) is 12.4. The Balaban J connectivity index is 0.000000715. The minimum atomic E-state index is -3.09. The number of fused-ring (bicyclic) bond motifs is 1. The van der Waals surface area contributed by atoms with Gasteiger partial charge in [-0.15, -0.1) is 0 Å². The summed E-state index contributed by atoms with van der Waals surface area (Å²) in [5.41, 5.74) is 1.61. The Morgan fingerprint density at radius 2 is 1.95 bits per heavy atom. The third-order valence-corrected chi connectivity index (χ3v) is 4.72. The molecule has 5 nitrogen and oxygen atoms in total. The fourth-order valence-electron chi connectivity index (χ4n) is 1.94. The van der Waals surface area contributed by atoms with Crippen molar-refractivity contribution >= 4 is 32.5 Å². The van der Waals surface area contributed by atoms with E-state index in [0.717, 1.165) is 17.4 Å². The molecule has 21 heavy (non-hydrogen) atoms. The summed E-state index contributed by atoms with van der Waals surface area (Å²) in [6.07, 6.45) is 2.85. The predicted molar refractivity (Wildman–Crippen MR) is 78.7 cm³/mol. The fraction of sp³-hybridized carbons (Fsp3) is 0.500. The molecule has 0 amide bonds. The van der Waals surface area contributed by atoms with Gasteiger partial charge in [-0.2, -0.15) is 0 Å². The van der Waals surface area contributed by atoms with Crippen molar-refractivity contribution in [2.45, 2.75) is 18.6 Å². The van der Waals surface area contributed by atoms with Gasteiger partial charge >= 0.3 is 29.6 Å². The van der Waals surface area contributed by atoms with Crippen molar-refractivity contribution in [3.05, 3.63) is 28.3 Å². The summed E-state index contributed by atoms with van der Waals surface area (Å²) in [6, 6.07) is 3.51. The SMILES string of the molecule is CS(=O)[O-].Cc1cc2c(cc1Cl)OCCC2S(C)(=O)=O.[Na+]. The summed E-state index contributed by atoms with van der Waals surface area (Å²) in [5.74, 6) is 0.595. The maximum absolute atomic E-state index is 11.7. The maximum atomic E-state index is 11.7. The largest absolute Gasteiger partial charge is 1.00 e. The molecule has 1 heterocycles. The van der Waals surface area contributed by atoms with Crippen molar-refractivity contribution < 1.29 is 51.5 Å². The summed E-state index contributed by atoms with van der Waals surface area (Å²) in [7, 11) is -3.09. The smallest absolute Gasteiger partial charge is 0.773 e. The molecule has 0 fully saturated rings. The van der Waals surface area contributed by atoms with Crippen molar-refractivity contribution in [1.82, 2.24) is 0 Å². The second-order valence-corrected chi connectivity index (χ2v) is 7.93. The normalized spacial score (nSPS) is 18.2. The van der Waals surface area contributed by atoms with Gasteiger partial charge in [0.25, 0.3) is 0 Å². The second kappa shape index (κ2) is 8.86. The molecule has 0 spiro atoms. The van der Waals surface area contributed by atoms with Crippen molar-refractivity contribution in [1.29, 1.82) is 0 Å². The molecule has 2 unspecified atom stereocenters. The van der Waals surface area contributed by atoms with Gasteiger partial charge < -0.3 is 9.29 Å². The molecule has 2 atom stereocenters. The third kappa shape index (κ3) is 6.56. The first-order valence-corrected chi connectivity index (χ1v) is 9.57. The summed E-state index contributed by atoms with van der Waals surface area (Å²) in [4.78, 5) is 0. The van der Waals surface area contributed by atoms with Crippen LogP contribution in [0.5, 0.6) is 5.75 Å². The van der Waals surface area contributed by atoms with Gasteiger partial charge in [-0.3, -0.25) is 4.21 Å². The minimum Gasteiger partial charge on any atom is -0.773 e. The van der Waals surface area contributed by atoms with Gasteiger partial charge in [0.05, 0.1) is 11.9 Å². The molecule has 0 saturated carbocycles. The number of benzene rings is 1. The third-order valence-electron chi connectivity index (χ3n) is 2.79. The van der Waals surface area contributed by atoms with Crippen molar-refractivity contribution in [2.24, 2.45) is 0 Å². The van der Waals surface area contributed by atoms with Crippen LogP contribution in [-0.4, -0.2) is 36.3 Å². The molecular weight excluding hydrogens is 347 g/mol.